The molecule has 0 aliphatic heterocycles. The third kappa shape index (κ3) is 2.24. The van der Waals surface area contributed by atoms with E-state index in [0.717, 1.165) is 15.6 Å². The molecule has 0 aliphatic carbocycles. The maximum atomic E-state index is 8.78. The maximum absolute atomic E-state index is 8.78. The van der Waals surface area contributed by atoms with E-state index in [1.807, 2.05) is 31.2 Å². The molecule has 1 N–H and O–H groups in total. The van der Waals surface area contributed by atoms with Gasteiger partial charge in [-0.15, -0.1) is 0 Å². The minimum atomic E-state index is 0.359. The Morgan fingerprint density at radius 1 is 1.30 bits per heavy atom. The number of rotatable bonds is 2. The average Bonchev–Trinajstić information content (AvgIpc) is 3.09. The first kappa shape index (κ1) is 12.6. The standard InChI is InChI=1S/C14H9BrN4O/c1-8-2-3-9(6-11(8)15)13-18-14(20-19-13)12-5-4-10(7-16)17-12/h2-6,17H,1H3. The maximum Gasteiger partial charge on any atom is 0.274 e. The molecule has 0 atom stereocenters. The molecule has 98 valence electrons. The molecule has 0 bridgehead atoms. The molecule has 2 aromatic heterocycles. The van der Waals surface area contributed by atoms with Gasteiger partial charge in [-0.3, -0.25) is 0 Å². The van der Waals surface area contributed by atoms with Crippen molar-refractivity contribution in [3.8, 4) is 29.0 Å². The van der Waals surface area contributed by atoms with Crippen molar-refractivity contribution >= 4 is 15.9 Å². The van der Waals surface area contributed by atoms with E-state index < -0.39 is 0 Å². The molecule has 0 saturated carbocycles. The summed E-state index contributed by atoms with van der Waals surface area (Å²) in [6.07, 6.45) is 0. The van der Waals surface area contributed by atoms with Gasteiger partial charge in [-0.25, -0.2) is 0 Å². The largest absolute Gasteiger partial charge is 0.342 e. The SMILES string of the molecule is Cc1ccc(-c2noc(-c3ccc(C#N)[nH]3)n2)cc1Br. The van der Waals surface area contributed by atoms with Crippen LogP contribution in [0.1, 0.15) is 11.3 Å². The first-order valence-corrected chi connectivity index (χ1v) is 6.66. The van der Waals surface area contributed by atoms with Crippen LogP contribution >= 0.6 is 15.9 Å². The van der Waals surface area contributed by atoms with Crippen LogP contribution in [-0.4, -0.2) is 15.1 Å². The molecule has 3 aromatic rings. The van der Waals surface area contributed by atoms with E-state index in [-0.39, 0.29) is 0 Å². The average molecular weight is 329 g/mol. The van der Waals surface area contributed by atoms with Gasteiger partial charge >= 0.3 is 0 Å². The van der Waals surface area contributed by atoms with Crippen LogP contribution in [0, 0.1) is 18.3 Å². The Morgan fingerprint density at radius 2 is 2.15 bits per heavy atom. The van der Waals surface area contributed by atoms with Crippen LogP contribution in [0.4, 0.5) is 0 Å². The molecule has 3 rings (SSSR count). The third-order valence-electron chi connectivity index (χ3n) is 2.89. The highest BCUT2D eigenvalue weighted by Crippen LogP contribution is 2.25. The quantitative estimate of drug-likeness (QED) is 0.778. The van der Waals surface area contributed by atoms with Gasteiger partial charge in [-0.1, -0.05) is 33.2 Å². The summed E-state index contributed by atoms with van der Waals surface area (Å²) in [5, 5.41) is 12.7. The summed E-state index contributed by atoms with van der Waals surface area (Å²) in [5.41, 5.74) is 3.09. The second-order valence-electron chi connectivity index (χ2n) is 4.28. The lowest BCUT2D eigenvalue weighted by Crippen LogP contribution is -1.83. The molecule has 5 nitrogen and oxygen atoms in total. The summed E-state index contributed by atoms with van der Waals surface area (Å²) in [6, 6.07) is 11.3. The highest BCUT2D eigenvalue weighted by atomic mass is 79.9. The number of nitrogens with one attached hydrogen (secondary N) is 1. The van der Waals surface area contributed by atoms with Gasteiger partial charge < -0.3 is 9.51 Å². The van der Waals surface area contributed by atoms with Crippen LogP contribution < -0.4 is 0 Å². The number of halogens is 1. The minimum Gasteiger partial charge on any atom is -0.342 e. The number of nitrogens with zero attached hydrogens (tertiary/aromatic N) is 3. The van der Waals surface area contributed by atoms with E-state index in [4.69, 9.17) is 9.78 Å². The predicted octanol–water partition coefficient (Wildman–Crippen LogP) is 3.67. The molecule has 0 spiro atoms. The number of aromatic nitrogens is 3. The number of benzene rings is 1. The van der Waals surface area contributed by atoms with Gasteiger partial charge in [0.2, 0.25) is 5.82 Å². The van der Waals surface area contributed by atoms with Crippen LogP contribution in [0.25, 0.3) is 23.0 Å². The molecular formula is C14H9BrN4O. The zero-order valence-corrected chi connectivity index (χ0v) is 12.1. The monoisotopic (exact) mass is 328 g/mol. The van der Waals surface area contributed by atoms with E-state index in [0.29, 0.717) is 23.1 Å². The minimum absolute atomic E-state index is 0.359. The molecule has 0 fully saturated rings. The second kappa shape index (κ2) is 4.94. The molecule has 0 radical (unpaired) electrons. The molecule has 1 aromatic carbocycles. The van der Waals surface area contributed by atoms with Crippen molar-refractivity contribution in [3.05, 3.63) is 46.1 Å². The lowest BCUT2D eigenvalue weighted by atomic mass is 10.1. The Balaban J connectivity index is 1.97. The van der Waals surface area contributed by atoms with Gasteiger partial charge in [0.1, 0.15) is 17.5 Å². The van der Waals surface area contributed by atoms with Crippen LogP contribution in [0.5, 0.6) is 0 Å². The highest BCUT2D eigenvalue weighted by Gasteiger charge is 2.12. The summed E-state index contributed by atoms with van der Waals surface area (Å²) in [6.45, 7) is 2.01. The van der Waals surface area contributed by atoms with Crippen molar-refractivity contribution in [1.82, 2.24) is 15.1 Å². The lowest BCUT2D eigenvalue weighted by molar-refractivity contribution is 0.431. The molecule has 0 amide bonds. The van der Waals surface area contributed by atoms with E-state index in [1.54, 1.807) is 12.1 Å². The van der Waals surface area contributed by atoms with E-state index in [9.17, 15) is 0 Å². The zero-order valence-electron chi connectivity index (χ0n) is 10.5. The van der Waals surface area contributed by atoms with Crippen molar-refractivity contribution in [2.45, 2.75) is 6.92 Å². The molecular weight excluding hydrogens is 320 g/mol. The van der Waals surface area contributed by atoms with Gasteiger partial charge in [0.25, 0.3) is 5.89 Å². The first-order chi connectivity index (χ1) is 9.67. The summed E-state index contributed by atoms with van der Waals surface area (Å²) in [7, 11) is 0. The van der Waals surface area contributed by atoms with E-state index in [1.165, 1.54) is 0 Å². The Hall–Kier alpha value is -2.39. The van der Waals surface area contributed by atoms with Gasteiger partial charge in [-0.2, -0.15) is 10.2 Å². The van der Waals surface area contributed by atoms with Crippen molar-refractivity contribution in [1.29, 1.82) is 5.26 Å². The molecule has 0 saturated heterocycles. The summed E-state index contributed by atoms with van der Waals surface area (Å²) in [4.78, 5) is 7.23. The summed E-state index contributed by atoms with van der Waals surface area (Å²) >= 11 is 3.48. The summed E-state index contributed by atoms with van der Waals surface area (Å²) < 4.78 is 6.21. The van der Waals surface area contributed by atoms with Gasteiger partial charge in [0, 0.05) is 10.0 Å². The Labute approximate surface area is 123 Å². The number of hydrogen-bond donors (Lipinski definition) is 1. The first-order valence-electron chi connectivity index (χ1n) is 5.87. The van der Waals surface area contributed by atoms with Crippen LogP contribution in [0.2, 0.25) is 0 Å². The fourth-order valence-electron chi connectivity index (χ4n) is 1.77. The number of aromatic amines is 1. The number of hydrogen-bond acceptors (Lipinski definition) is 4. The zero-order chi connectivity index (χ0) is 14.1. The molecule has 20 heavy (non-hydrogen) atoms. The van der Waals surface area contributed by atoms with E-state index in [2.05, 4.69) is 31.1 Å². The topological polar surface area (TPSA) is 78.5 Å². The van der Waals surface area contributed by atoms with Crippen molar-refractivity contribution in [2.75, 3.05) is 0 Å². The summed E-state index contributed by atoms with van der Waals surface area (Å²) in [5.74, 6) is 0.868. The highest BCUT2D eigenvalue weighted by molar-refractivity contribution is 9.10. The lowest BCUT2D eigenvalue weighted by Gasteiger charge is -1.99. The van der Waals surface area contributed by atoms with Gasteiger partial charge in [-0.05, 0) is 30.7 Å². The third-order valence-corrected chi connectivity index (χ3v) is 3.75. The fourth-order valence-corrected chi connectivity index (χ4v) is 2.15. The Kier molecular flexibility index (Phi) is 3.12. The van der Waals surface area contributed by atoms with Gasteiger partial charge in [0.05, 0.1) is 0 Å². The van der Waals surface area contributed by atoms with Gasteiger partial charge in [0.15, 0.2) is 0 Å². The number of nitriles is 1. The molecule has 6 heteroatoms. The molecule has 2 heterocycles. The van der Waals surface area contributed by atoms with Crippen LogP contribution in [-0.2, 0) is 0 Å². The number of H-pyrrole nitrogens is 1. The molecule has 0 unspecified atom stereocenters. The fraction of sp³-hybridized carbons (Fsp3) is 0.0714. The van der Waals surface area contributed by atoms with Crippen molar-refractivity contribution in [3.63, 3.8) is 0 Å². The second-order valence-corrected chi connectivity index (χ2v) is 5.14. The number of aryl methyl sites for hydroxylation is 1. The van der Waals surface area contributed by atoms with Crippen molar-refractivity contribution in [2.24, 2.45) is 0 Å². The predicted molar refractivity (Wildman–Crippen MR) is 76.7 cm³/mol. The van der Waals surface area contributed by atoms with Crippen LogP contribution in [0.3, 0.4) is 0 Å². The van der Waals surface area contributed by atoms with Crippen LogP contribution in [0.15, 0.2) is 39.3 Å². The Morgan fingerprint density at radius 3 is 2.85 bits per heavy atom. The Bertz CT molecular complexity index is 813. The molecule has 0 aliphatic rings. The smallest absolute Gasteiger partial charge is 0.274 e. The van der Waals surface area contributed by atoms with E-state index >= 15 is 0 Å². The normalized spacial score (nSPS) is 10.4. The van der Waals surface area contributed by atoms with Crippen molar-refractivity contribution < 1.29 is 4.52 Å².